The van der Waals surface area contributed by atoms with Crippen molar-refractivity contribution in [2.45, 2.75) is 0 Å². The quantitative estimate of drug-likeness (QED) is 0.594. The summed E-state index contributed by atoms with van der Waals surface area (Å²) in [4.78, 5) is 10.3. The van der Waals surface area contributed by atoms with Crippen molar-refractivity contribution in [1.82, 2.24) is 15.4 Å². The second-order valence-electron chi connectivity index (χ2n) is 1.37. The fourth-order valence-electron chi connectivity index (χ4n) is 0.372. The molecule has 0 unspecified atom stereocenters. The number of primary amides is 1. The van der Waals surface area contributed by atoms with Gasteiger partial charge in [-0.25, -0.2) is 0 Å². The summed E-state index contributed by atoms with van der Waals surface area (Å²) in [6.07, 6.45) is 1.35. The normalized spacial score (nSPS) is 8.00. The molecule has 0 saturated heterocycles. The third-order valence-corrected chi connectivity index (χ3v) is 0.756. The first-order valence-corrected chi connectivity index (χ1v) is 2.25. The zero-order valence-corrected chi connectivity index (χ0v) is 5.71. The van der Waals surface area contributed by atoms with Crippen molar-refractivity contribution in [3.05, 3.63) is 18.0 Å². The van der Waals surface area contributed by atoms with Crippen molar-refractivity contribution >= 4 is 18.3 Å². The van der Waals surface area contributed by atoms with E-state index in [1.54, 1.807) is 0 Å². The molecule has 0 aromatic carbocycles. The maximum atomic E-state index is 10.3. The second kappa shape index (κ2) is 3.73. The van der Waals surface area contributed by atoms with Crippen molar-refractivity contribution in [3.8, 4) is 0 Å². The van der Waals surface area contributed by atoms with E-state index in [4.69, 9.17) is 5.73 Å². The Hall–Kier alpha value is -1.23. The monoisotopic (exact) mass is 160 g/mol. The molecule has 0 spiro atoms. The minimum atomic E-state index is -0.593. The first-order chi connectivity index (χ1) is 4.30. The van der Waals surface area contributed by atoms with Crippen molar-refractivity contribution in [2.75, 3.05) is 0 Å². The molecular formula is C4H5ClN4O. The molecule has 0 saturated carbocycles. The number of carbonyl (C=O) groups is 1. The van der Waals surface area contributed by atoms with Gasteiger partial charge in [0.25, 0.3) is 5.91 Å². The summed E-state index contributed by atoms with van der Waals surface area (Å²) < 4.78 is 0. The number of hydrogen-bond acceptors (Lipinski definition) is 4. The lowest BCUT2D eigenvalue weighted by Gasteiger charge is -1.86. The van der Waals surface area contributed by atoms with Crippen molar-refractivity contribution in [3.63, 3.8) is 0 Å². The van der Waals surface area contributed by atoms with E-state index in [1.165, 1.54) is 12.3 Å². The van der Waals surface area contributed by atoms with Gasteiger partial charge in [0, 0.05) is 0 Å². The van der Waals surface area contributed by atoms with Gasteiger partial charge < -0.3 is 5.73 Å². The Kier molecular flexibility index (Phi) is 3.27. The summed E-state index contributed by atoms with van der Waals surface area (Å²) in [5.41, 5.74) is 4.97. The summed E-state index contributed by atoms with van der Waals surface area (Å²) in [5.74, 6) is -0.593. The van der Waals surface area contributed by atoms with Gasteiger partial charge in [0.15, 0.2) is 5.69 Å². The van der Waals surface area contributed by atoms with E-state index in [0.29, 0.717) is 0 Å². The van der Waals surface area contributed by atoms with Gasteiger partial charge in [-0.15, -0.1) is 22.6 Å². The van der Waals surface area contributed by atoms with Crippen LogP contribution in [-0.4, -0.2) is 21.3 Å². The highest BCUT2D eigenvalue weighted by Gasteiger charge is 1.98. The van der Waals surface area contributed by atoms with E-state index in [9.17, 15) is 4.79 Å². The topological polar surface area (TPSA) is 81.8 Å². The van der Waals surface area contributed by atoms with Crippen LogP contribution in [0.1, 0.15) is 10.5 Å². The molecule has 1 amide bonds. The van der Waals surface area contributed by atoms with Crippen LogP contribution < -0.4 is 5.73 Å². The van der Waals surface area contributed by atoms with Gasteiger partial charge >= 0.3 is 0 Å². The lowest BCUT2D eigenvalue weighted by atomic mass is 10.4. The first kappa shape index (κ1) is 8.77. The minimum Gasteiger partial charge on any atom is -0.364 e. The number of nitrogens with zero attached hydrogens (tertiary/aromatic N) is 3. The molecule has 2 N–H and O–H groups in total. The summed E-state index contributed by atoms with van der Waals surface area (Å²) in [6, 6.07) is 1.40. The molecule has 0 aliphatic carbocycles. The highest BCUT2D eigenvalue weighted by Crippen LogP contribution is 1.83. The summed E-state index contributed by atoms with van der Waals surface area (Å²) >= 11 is 0. The largest absolute Gasteiger partial charge is 0.364 e. The Morgan fingerprint density at radius 2 is 2.30 bits per heavy atom. The highest BCUT2D eigenvalue weighted by atomic mass is 35.5. The van der Waals surface area contributed by atoms with Crippen LogP contribution in [0.3, 0.4) is 0 Å². The summed E-state index contributed by atoms with van der Waals surface area (Å²) in [5, 5.41) is 9.91. The highest BCUT2D eigenvalue weighted by molar-refractivity contribution is 5.90. The van der Waals surface area contributed by atoms with E-state index in [0.717, 1.165) is 0 Å². The fraction of sp³-hybridized carbons (Fsp3) is 0. The molecule has 10 heavy (non-hydrogen) atoms. The molecule has 1 heterocycles. The molecule has 1 rings (SSSR count). The second-order valence-corrected chi connectivity index (χ2v) is 1.37. The number of halogens is 1. The van der Waals surface area contributed by atoms with Crippen molar-refractivity contribution in [1.29, 1.82) is 0 Å². The Morgan fingerprint density at radius 1 is 1.60 bits per heavy atom. The maximum absolute atomic E-state index is 10.3. The van der Waals surface area contributed by atoms with Gasteiger partial charge in [-0.05, 0) is 11.3 Å². The van der Waals surface area contributed by atoms with E-state index >= 15 is 0 Å². The zero-order valence-electron chi connectivity index (χ0n) is 4.89. The Bertz CT molecular complexity index is 214. The molecule has 0 aliphatic heterocycles. The van der Waals surface area contributed by atoms with Crippen LogP contribution >= 0.6 is 12.4 Å². The van der Waals surface area contributed by atoms with E-state index in [1.807, 2.05) is 0 Å². The first-order valence-electron chi connectivity index (χ1n) is 2.25. The maximum Gasteiger partial charge on any atom is 0.269 e. The average molecular weight is 161 g/mol. The van der Waals surface area contributed by atoms with Crippen LogP contribution in [0.25, 0.3) is 0 Å². The lowest BCUT2D eigenvalue weighted by molar-refractivity contribution is 0.0994. The Morgan fingerprint density at radius 3 is 2.60 bits per heavy atom. The molecule has 0 bridgehead atoms. The number of nitrogens with two attached hydrogens (primary N) is 1. The Labute approximate surface area is 63.0 Å². The summed E-state index contributed by atoms with van der Waals surface area (Å²) in [7, 11) is 0. The standard InChI is InChI=1S/C4H4N4O.ClH/c5-4(9)3-1-2-6-8-7-3;/h1-2H,(H2,5,9);1H. The number of amides is 1. The van der Waals surface area contributed by atoms with Crippen LogP contribution in [0.15, 0.2) is 12.3 Å². The van der Waals surface area contributed by atoms with Gasteiger partial charge in [0.1, 0.15) is 0 Å². The van der Waals surface area contributed by atoms with Crippen molar-refractivity contribution < 1.29 is 4.79 Å². The average Bonchev–Trinajstić information content (AvgIpc) is 1.90. The fourth-order valence-corrected chi connectivity index (χ4v) is 0.372. The number of hydrogen-bond donors (Lipinski definition) is 1. The van der Waals surface area contributed by atoms with Crippen LogP contribution in [-0.2, 0) is 0 Å². The molecule has 5 nitrogen and oxygen atoms in total. The predicted octanol–water partition coefficient (Wildman–Crippen LogP) is -0.608. The summed E-state index contributed by atoms with van der Waals surface area (Å²) in [6.45, 7) is 0. The Balaban J connectivity index is 0.000000810. The van der Waals surface area contributed by atoms with Crippen LogP contribution in [0.4, 0.5) is 0 Å². The molecule has 0 aliphatic rings. The van der Waals surface area contributed by atoms with Crippen LogP contribution in [0.5, 0.6) is 0 Å². The predicted molar refractivity (Wildman–Crippen MR) is 35.6 cm³/mol. The smallest absolute Gasteiger partial charge is 0.269 e. The van der Waals surface area contributed by atoms with E-state index in [-0.39, 0.29) is 18.1 Å². The van der Waals surface area contributed by atoms with Crippen molar-refractivity contribution in [2.24, 2.45) is 5.73 Å². The molecule has 54 valence electrons. The van der Waals surface area contributed by atoms with Gasteiger partial charge in [-0.2, -0.15) is 0 Å². The van der Waals surface area contributed by atoms with Gasteiger partial charge in [-0.1, -0.05) is 0 Å². The molecule has 0 fully saturated rings. The van der Waals surface area contributed by atoms with Gasteiger partial charge in [0.05, 0.1) is 6.20 Å². The van der Waals surface area contributed by atoms with E-state index < -0.39 is 5.91 Å². The van der Waals surface area contributed by atoms with Gasteiger partial charge in [0.2, 0.25) is 0 Å². The lowest BCUT2D eigenvalue weighted by Crippen LogP contribution is -2.13. The third kappa shape index (κ3) is 1.94. The number of aromatic nitrogens is 3. The zero-order chi connectivity index (χ0) is 6.69. The van der Waals surface area contributed by atoms with Crippen LogP contribution in [0, 0.1) is 0 Å². The third-order valence-electron chi connectivity index (χ3n) is 0.756. The number of rotatable bonds is 1. The molecular weight excluding hydrogens is 156 g/mol. The number of carbonyl (C=O) groups excluding carboxylic acids is 1. The molecule has 1 aromatic rings. The van der Waals surface area contributed by atoms with Crippen LogP contribution in [0.2, 0.25) is 0 Å². The molecule has 0 atom stereocenters. The molecule has 1 aromatic heterocycles. The SMILES string of the molecule is Cl.NC(=O)c1ccnnn1. The molecule has 0 radical (unpaired) electrons. The van der Waals surface area contributed by atoms with E-state index in [2.05, 4.69) is 15.4 Å². The van der Waals surface area contributed by atoms with Gasteiger partial charge in [-0.3, -0.25) is 4.79 Å². The minimum absolute atomic E-state index is 0. The molecule has 6 heteroatoms.